The van der Waals surface area contributed by atoms with Gasteiger partial charge in [0, 0.05) is 6.20 Å². The molecule has 1 aliphatic heterocycles. The number of carbonyl (C=O) groups excluding carboxylic acids is 1. The number of furan rings is 1. The van der Waals surface area contributed by atoms with E-state index in [0.717, 1.165) is 11.4 Å². The number of allylic oxidation sites excluding steroid dienone is 2. The van der Waals surface area contributed by atoms with E-state index >= 15 is 0 Å². The molecule has 1 amide bonds. The van der Waals surface area contributed by atoms with Gasteiger partial charge in [-0.1, -0.05) is 30.3 Å². The summed E-state index contributed by atoms with van der Waals surface area (Å²) >= 11 is 1.32. The van der Waals surface area contributed by atoms with Crippen LogP contribution in [0, 0.1) is 0 Å². The molecule has 3 aromatic rings. The quantitative estimate of drug-likeness (QED) is 0.601. The molecule has 132 valence electrons. The van der Waals surface area contributed by atoms with Gasteiger partial charge in [-0.25, -0.2) is 9.98 Å². The van der Waals surface area contributed by atoms with Crippen LogP contribution in [0.3, 0.4) is 0 Å². The van der Waals surface area contributed by atoms with Gasteiger partial charge in [0.25, 0.3) is 5.91 Å². The van der Waals surface area contributed by atoms with Crippen molar-refractivity contribution in [2.75, 3.05) is 4.90 Å². The maximum atomic E-state index is 13.0. The van der Waals surface area contributed by atoms with E-state index in [-0.39, 0.29) is 5.91 Å². The van der Waals surface area contributed by atoms with Gasteiger partial charge >= 0.3 is 0 Å². The molecule has 1 fully saturated rings. The average Bonchev–Trinajstić information content (AvgIpc) is 3.32. The molecule has 5 nitrogen and oxygen atoms in total. The Morgan fingerprint density at radius 3 is 2.63 bits per heavy atom. The highest BCUT2D eigenvalue weighted by atomic mass is 32.2. The van der Waals surface area contributed by atoms with Crippen molar-refractivity contribution >= 4 is 40.4 Å². The number of nitrogens with zero attached hydrogens (tertiary/aromatic N) is 3. The molecule has 27 heavy (non-hydrogen) atoms. The fourth-order valence-corrected chi connectivity index (χ4v) is 3.44. The van der Waals surface area contributed by atoms with Crippen molar-refractivity contribution in [3.63, 3.8) is 0 Å². The number of amidine groups is 1. The lowest BCUT2D eigenvalue weighted by atomic mass is 10.3. The molecule has 0 atom stereocenters. The lowest BCUT2D eigenvalue weighted by Crippen LogP contribution is -2.28. The molecule has 1 aliphatic rings. The molecule has 2 aromatic heterocycles. The molecular weight excluding hydrogens is 358 g/mol. The second-order valence-electron chi connectivity index (χ2n) is 5.57. The smallest absolute Gasteiger partial charge is 0.271 e. The molecule has 3 heterocycles. The highest BCUT2D eigenvalue weighted by Gasteiger charge is 2.34. The van der Waals surface area contributed by atoms with Gasteiger partial charge in [0.15, 0.2) is 11.0 Å². The van der Waals surface area contributed by atoms with Crippen LogP contribution in [0.2, 0.25) is 0 Å². The summed E-state index contributed by atoms with van der Waals surface area (Å²) in [6.07, 6.45) is 8.66. The second kappa shape index (κ2) is 7.88. The lowest BCUT2D eigenvalue weighted by Gasteiger charge is -2.15. The first-order valence-electron chi connectivity index (χ1n) is 8.30. The zero-order valence-corrected chi connectivity index (χ0v) is 15.0. The predicted octanol–water partition coefficient (Wildman–Crippen LogP) is 5.04. The predicted molar refractivity (Wildman–Crippen MR) is 109 cm³/mol. The number of aliphatic imine (C=N–C) groups is 1. The molecule has 0 unspecified atom stereocenters. The largest absolute Gasteiger partial charge is 0.465 e. The van der Waals surface area contributed by atoms with Crippen LogP contribution in [0.25, 0.3) is 6.08 Å². The standard InChI is InChI=1S/C21H15N3O2S/c25-20-18(12-6-10-17-11-7-15-26-17)27-21(23-19-13-4-5-14-22-19)24(20)16-8-2-1-3-9-16/h1-15H/b10-6+,18-12+,23-21+. The van der Waals surface area contributed by atoms with E-state index in [0.29, 0.717) is 15.9 Å². The number of carbonyl (C=O) groups is 1. The molecular formula is C21H15N3O2S. The normalized spacial score (nSPS) is 17.5. The van der Waals surface area contributed by atoms with Gasteiger partial charge in [-0.15, -0.1) is 0 Å². The van der Waals surface area contributed by atoms with Gasteiger partial charge in [-0.05, 0) is 60.3 Å². The first-order valence-corrected chi connectivity index (χ1v) is 9.12. The zero-order chi connectivity index (χ0) is 18.5. The van der Waals surface area contributed by atoms with Crippen molar-refractivity contribution in [1.29, 1.82) is 0 Å². The Bertz CT molecular complexity index is 1010. The highest BCUT2D eigenvalue weighted by Crippen LogP contribution is 2.35. The number of para-hydroxylation sites is 1. The SMILES string of the molecule is O=C1/C(=C\C=C\c2ccco2)S/C(=N/c2ccccn2)N1c1ccccc1. The number of thioether (sulfide) groups is 1. The Labute approximate surface area is 160 Å². The first-order chi connectivity index (χ1) is 13.3. The third-order valence-corrected chi connectivity index (χ3v) is 4.72. The van der Waals surface area contributed by atoms with Crippen molar-refractivity contribution in [3.8, 4) is 0 Å². The summed E-state index contributed by atoms with van der Waals surface area (Å²) < 4.78 is 5.27. The van der Waals surface area contributed by atoms with Crippen LogP contribution in [0.1, 0.15) is 5.76 Å². The van der Waals surface area contributed by atoms with E-state index in [1.165, 1.54) is 11.8 Å². The summed E-state index contributed by atoms with van der Waals surface area (Å²) in [5, 5.41) is 0.572. The zero-order valence-electron chi connectivity index (χ0n) is 14.2. The van der Waals surface area contributed by atoms with E-state index in [9.17, 15) is 4.79 Å². The van der Waals surface area contributed by atoms with E-state index in [1.807, 2.05) is 60.7 Å². The van der Waals surface area contributed by atoms with Crippen LogP contribution in [0.4, 0.5) is 11.5 Å². The maximum absolute atomic E-state index is 13.0. The van der Waals surface area contributed by atoms with Crippen LogP contribution < -0.4 is 4.90 Å². The number of amides is 1. The third-order valence-electron chi connectivity index (χ3n) is 3.73. The van der Waals surface area contributed by atoms with Crippen LogP contribution in [0.15, 0.2) is 99.6 Å². The molecule has 0 aliphatic carbocycles. The Morgan fingerprint density at radius 1 is 1.04 bits per heavy atom. The molecule has 0 saturated carbocycles. The second-order valence-corrected chi connectivity index (χ2v) is 6.58. The third kappa shape index (κ3) is 3.91. The molecule has 0 N–H and O–H groups in total. The Balaban J connectivity index is 1.68. The van der Waals surface area contributed by atoms with E-state index in [1.54, 1.807) is 35.6 Å². The maximum Gasteiger partial charge on any atom is 0.271 e. The molecule has 0 radical (unpaired) electrons. The minimum atomic E-state index is -0.120. The fourth-order valence-electron chi connectivity index (χ4n) is 2.50. The number of hydrogen-bond acceptors (Lipinski definition) is 5. The van der Waals surface area contributed by atoms with Gasteiger partial charge in [-0.2, -0.15) is 0 Å². The fraction of sp³-hybridized carbons (Fsp3) is 0. The number of anilines is 1. The summed E-state index contributed by atoms with van der Waals surface area (Å²) in [5.74, 6) is 1.16. The molecule has 1 saturated heterocycles. The Morgan fingerprint density at radius 2 is 1.89 bits per heavy atom. The van der Waals surface area contributed by atoms with Gasteiger partial charge < -0.3 is 4.42 Å². The minimum absolute atomic E-state index is 0.120. The van der Waals surface area contributed by atoms with Crippen LogP contribution in [-0.2, 0) is 4.79 Å². The summed E-state index contributed by atoms with van der Waals surface area (Å²) in [6.45, 7) is 0. The first kappa shape index (κ1) is 17.1. The molecule has 0 bridgehead atoms. The van der Waals surface area contributed by atoms with Gasteiger partial charge in [0.05, 0.1) is 16.9 Å². The van der Waals surface area contributed by atoms with Gasteiger partial charge in [0.1, 0.15) is 5.76 Å². The van der Waals surface area contributed by atoms with Crippen molar-refractivity contribution < 1.29 is 9.21 Å². The summed E-state index contributed by atoms with van der Waals surface area (Å²) in [4.78, 5) is 24.0. The number of aromatic nitrogens is 1. The van der Waals surface area contributed by atoms with Crippen LogP contribution in [0.5, 0.6) is 0 Å². The van der Waals surface area contributed by atoms with Gasteiger partial charge in [-0.3, -0.25) is 9.69 Å². The van der Waals surface area contributed by atoms with Crippen molar-refractivity contribution in [2.24, 2.45) is 4.99 Å². The Hall–Kier alpha value is -3.38. The van der Waals surface area contributed by atoms with E-state index in [2.05, 4.69) is 9.98 Å². The van der Waals surface area contributed by atoms with Crippen molar-refractivity contribution in [2.45, 2.75) is 0 Å². The molecule has 6 heteroatoms. The van der Waals surface area contributed by atoms with Crippen LogP contribution in [-0.4, -0.2) is 16.1 Å². The molecule has 1 aromatic carbocycles. The monoisotopic (exact) mass is 373 g/mol. The minimum Gasteiger partial charge on any atom is -0.465 e. The highest BCUT2D eigenvalue weighted by molar-refractivity contribution is 8.19. The van der Waals surface area contributed by atoms with Crippen molar-refractivity contribution in [1.82, 2.24) is 4.98 Å². The van der Waals surface area contributed by atoms with E-state index in [4.69, 9.17) is 4.42 Å². The van der Waals surface area contributed by atoms with Crippen LogP contribution >= 0.6 is 11.8 Å². The lowest BCUT2D eigenvalue weighted by molar-refractivity contribution is -0.113. The van der Waals surface area contributed by atoms with Gasteiger partial charge in [0.2, 0.25) is 0 Å². The molecule has 4 rings (SSSR count). The summed E-state index contributed by atoms with van der Waals surface area (Å²) in [6, 6.07) is 18.6. The number of rotatable bonds is 4. The average molecular weight is 373 g/mol. The number of pyridine rings is 1. The topological polar surface area (TPSA) is 58.7 Å². The van der Waals surface area contributed by atoms with Crippen molar-refractivity contribution in [3.05, 3.63) is 95.9 Å². The summed E-state index contributed by atoms with van der Waals surface area (Å²) in [5.41, 5.74) is 0.767. The van der Waals surface area contributed by atoms with E-state index < -0.39 is 0 Å². The number of benzene rings is 1. The number of hydrogen-bond donors (Lipinski definition) is 0. The Kier molecular flexibility index (Phi) is 4.98. The molecule has 0 spiro atoms. The summed E-state index contributed by atoms with van der Waals surface area (Å²) in [7, 11) is 0.